The van der Waals surface area contributed by atoms with Crippen molar-refractivity contribution in [2.24, 2.45) is 11.7 Å². The molecule has 70 valence electrons. The number of rotatable bonds is 1. The van der Waals surface area contributed by atoms with Crippen LogP contribution in [0.15, 0.2) is 11.6 Å². The summed E-state index contributed by atoms with van der Waals surface area (Å²) in [6, 6.07) is 0.417. The zero-order valence-corrected chi connectivity index (χ0v) is 8.34. The van der Waals surface area contributed by atoms with Gasteiger partial charge in [0.25, 0.3) is 0 Å². The number of allylic oxidation sites excluding steroid dienone is 1. The van der Waals surface area contributed by atoms with Gasteiger partial charge < -0.3 is 5.73 Å². The summed E-state index contributed by atoms with van der Waals surface area (Å²) in [6.45, 7) is 4.52. The van der Waals surface area contributed by atoms with E-state index in [1.807, 2.05) is 0 Å². The molecule has 2 N–H and O–H groups in total. The van der Waals surface area contributed by atoms with Gasteiger partial charge in [-0.2, -0.15) is 0 Å². The van der Waals surface area contributed by atoms with Crippen molar-refractivity contribution in [3.05, 3.63) is 11.6 Å². The third-order valence-electron chi connectivity index (χ3n) is 2.68. The molecule has 0 radical (unpaired) electrons. The lowest BCUT2D eigenvalue weighted by Gasteiger charge is -2.10. The van der Waals surface area contributed by atoms with Crippen molar-refractivity contribution in [2.45, 2.75) is 52.0 Å². The summed E-state index contributed by atoms with van der Waals surface area (Å²) in [5.74, 6) is 0.822. The molecule has 0 spiro atoms. The van der Waals surface area contributed by atoms with Gasteiger partial charge in [-0.3, -0.25) is 0 Å². The molecular formula is C11H21N. The van der Waals surface area contributed by atoms with Gasteiger partial charge >= 0.3 is 0 Å². The zero-order valence-electron chi connectivity index (χ0n) is 8.34. The van der Waals surface area contributed by atoms with Gasteiger partial charge in [0.2, 0.25) is 0 Å². The molecule has 2 atom stereocenters. The Morgan fingerprint density at radius 2 is 2.33 bits per heavy atom. The topological polar surface area (TPSA) is 26.0 Å². The third kappa shape index (κ3) is 2.98. The molecule has 0 saturated heterocycles. The Labute approximate surface area is 76.0 Å². The van der Waals surface area contributed by atoms with Gasteiger partial charge in [-0.15, -0.1) is 0 Å². The number of hydrogen-bond acceptors (Lipinski definition) is 1. The average molecular weight is 167 g/mol. The fourth-order valence-electron chi connectivity index (χ4n) is 2.06. The summed E-state index contributed by atoms with van der Waals surface area (Å²) in [5, 5.41) is 0. The standard InChI is InChI=1S/C11H21N/c1-3-4-10-6-5-9(2)7-11(12)8-10/h4,9,11H,3,5-8,12H2,1-2H3/b10-4-. The molecule has 12 heavy (non-hydrogen) atoms. The lowest BCUT2D eigenvalue weighted by molar-refractivity contribution is 0.469. The lowest BCUT2D eigenvalue weighted by atomic mass is 10.0. The van der Waals surface area contributed by atoms with E-state index in [-0.39, 0.29) is 0 Å². The van der Waals surface area contributed by atoms with Crippen LogP contribution in [-0.4, -0.2) is 6.04 Å². The van der Waals surface area contributed by atoms with Crippen LogP contribution in [0.2, 0.25) is 0 Å². The molecular weight excluding hydrogens is 146 g/mol. The van der Waals surface area contributed by atoms with Gasteiger partial charge in [0, 0.05) is 6.04 Å². The SMILES string of the molecule is CC/C=C1/CCC(C)CC(N)C1. The van der Waals surface area contributed by atoms with E-state index in [9.17, 15) is 0 Å². The first-order valence-electron chi connectivity index (χ1n) is 5.15. The maximum atomic E-state index is 6.00. The van der Waals surface area contributed by atoms with Crippen LogP contribution in [0.1, 0.15) is 46.0 Å². The minimum atomic E-state index is 0.417. The highest BCUT2D eigenvalue weighted by molar-refractivity contribution is 5.05. The smallest absolute Gasteiger partial charge is 0.00786 e. The normalized spacial score (nSPS) is 35.1. The van der Waals surface area contributed by atoms with Crippen molar-refractivity contribution in [1.29, 1.82) is 0 Å². The molecule has 1 aliphatic rings. The number of hydrogen-bond donors (Lipinski definition) is 1. The van der Waals surface area contributed by atoms with E-state index in [2.05, 4.69) is 19.9 Å². The largest absolute Gasteiger partial charge is 0.327 e. The van der Waals surface area contributed by atoms with Gasteiger partial charge in [0.15, 0.2) is 0 Å². The second-order valence-corrected chi connectivity index (χ2v) is 4.11. The van der Waals surface area contributed by atoms with Gasteiger partial charge in [-0.05, 0) is 38.0 Å². The molecule has 0 aliphatic heterocycles. The van der Waals surface area contributed by atoms with Crippen LogP contribution in [0.25, 0.3) is 0 Å². The Morgan fingerprint density at radius 1 is 1.58 bits per heavy atom. The van der Waals surface area contributed by atoms with E-state index < -0.39 is 0 Å². The Balaban J connectivity index is 2.52. The fourth-order valence-corrected chi connectivity index (χ4v) is 2.06. The van der Waals surface area contributed by atoms with Gasteiger partial charge in [-0.25, -0.2) is 0 Å². The quantitative estimate of drug-likeness (QED) is 0.471. The summed E-state index contributed by atoms with van der Waals surface area (Å²) in [7, 11) is 0. The highest BCUT2D eigenvalue weighted by Crippen LogP contribution is 2.25. The Bertz CT molecular complexity index is 160. The van der Waals surface area contributed by atoms with Gasteiger partial charge in [0.1, 0.15) is 0 Å². The van der Waals surface area contributed by atoms with E-state index in [4.69, 9.17) is 5.73 Å². The van der Waals surface area contributed by atoms with Crippen LogP contribution in [-0.2, 0) is 0 Å². The summed E-state index contributed by atoms with van der Waals surface area (Å²) in [5.41, 5.74) is 7.60. The van der Waals surface area contributed by atoms with Crippen LogP contribution < -0.4 is 5.73 Å². The molecule has 0 heterocycles. The van der Waals surface area contributed by atoms with Crippen molar-refractivity contribution >= 4 is 0 Å². The Hall–Kier alpha value is -0.300. The number of nitrogens with two attached hydrogens (primary N) is 1. The second kappa shape index (κ2) is 4.66. The van der Waals surface area contributed by atoms with Crippen LogP contribution in [0.5, 0.6) is 0 Å². The highest BCUT2D eigenvalue weighted by atomic mass is 14.6. The molecule has 1 fully saturated rings. The molecule has 1 saturated carbocycles. The Morgan fingerprint density at radius 3 is 3.00 bits per heavy atom. The first kappa shape index (κ1) is 9.79. The molecule has 0 aromatic carbocycles. The van der Waals surface area contributed by atoms with Crippen LogP contribution in [0.3, 0.4) is 0 Å². The molecule has 2 unspecified atom stereocenters. The molecule has 1 aliphatic carbocycles. The first-order chi connectivity index (χ1) is 5.72. The zero-order chi connectivity index (χ0) is 8.97. The third-order valence-corrected chi connectivity index (χ3v) is 2.68. The Kier molecular flexibility index (Phi) is 3.80. The minimum absolute atomic E-state index is 0.417. The molecule has 0 aromatic rings. The molecule has 0 aromatic heterocycles. The van der Waals surface area contributed by atoms with Crippen molar-refractivity contribution in [2.75, 3.05) is 0 Å². The molecule has 1 heteroatoms. The van der Waals surface area contributed by atoms with Crippen LogP contribution >= 0.6 is 0 Å². The second-order valence-electron chi connectivity index (χ2n) is 4.11. The molecule has 1 nitrogen and oxygen atoms in total. The van der Waals surface area contributed by atoms with Gasteiger partial charge in [0.05, 0.1) is 0 Å². The van der Waals surface area contributed by atoms with E-state index in [0.717, 1.165) is 18.8 Å². The van der Waals surface area contributed by atoms with Crippen LogP contribution in [0.4, 0.5) is 0 Å². The minimum Gasteiger partial charge on any atom is -0.327 e. The maximum absolute atomic E-state index is 6.00. The van der Waals surface area contributed by atoms with Crippen molar-refractivity contribution in [3.8, 4) is 0 Å². The van der Waals surface area contributed by atoms with Crippen LogP contribution in [0, 0.1) is 5.92 Å². The summed E-state index contributed by atoms with van der Waals surface area (Å²) in [6.07, 6.45) is 8.48. The highest BCUT2D eigenvalue weighted by Gasteiger charge is 2.15. The van der Waals surface area contributed by atoms with E-state index in [1.165, 1.54) is 19.3 Å². The van der Waals surface area contributed by atoms with E-state index >= 15 is 0 Å². The van der Waals surface area contributed by atoms with Crippen molar-refractivity contribution < 1.29 is 0 Å². The first-order valence-corrected chi connectivity index (χ1v) is 5.15. The average Bonchev–Trinajstić information content (AvgIpc) is 2.13. The van der Waals surface area contributed by atoms with Gasteiger partial charge in [-0.1, -0.05) is 25.5 Å². The van der Waals surface area contributed by atoms with Crippen molar-refractivity contribution in [3.63, 3.8) is 0 Å². The lowest BCUT2D eigenvalue weighted by Crippen LogP contribution is -2.20. The predicted molar refractivity (Wildman–Crippen MR) is 54.0 cm³/mol. The molecule has 0 bridgehead atoms. The predicted octanol–water partition coefficient (Wildman–Crippen LogP) is 2.86. The molecule has 1 rings (SSSR count). The monoisotopic (exact) mass is 167 g/mol. The summed E-state index contributed by atoms with van der Waals surface area (Å²) in [4.78, 5) is 0. The fraction of sp³-hybridized carbons (Fsp3) is 0.818. The van der Waals surface area contributed by atoms with Crippen molar-refractivity contribution in [1.82, 2.24) is 0 Å². The van der Waals surface area contributed by atoms with E-state index in [1.54, 1.807) is 5.57 Å². The summed E-state index contributed by atoms with van der Waals surface area (Å²) < 4.78 is 0. The molecule has 0 amide bonds. The maximum Gasteiger partial charge on any atom is 0.00786 e. The van der Waals surface area contributed by atoms with E-state index in [0.29, 0.717) is 6.04 Å². The summed E-state index contributed by atoms with van der Waals surface area (Å²) >= 11 is 0.